The number of rotatable bonds is 1. The summed E-state index contributed by atoms with van der Waals surface area (Å²) in [6.07, 6.45) is -2.76. The number of fused-ring (bicyclic) bond motifs is 1. The summed E-state index contributed by atoms with van der Waals surface area (Å²) >= 11 is 0. The molecule has 2 N–H and O–H groups in total. The molecule has 0 spiro atoms. The summed E-state index contributed by atoms with van der Waals surface area (Å²) in [7, 11) is 0. The predicted molar refractivity (Wildman–Crippen MR) is 65.1 cm³/mol. The molecule has 20 heavy (non-hydrogen) atoms. The molecule has 0 aliphatic carbocycles. The first-order valence-electron chi connectivity index (χ1n) is 5.95. The Morgan fingerprint density at radius 2 is 2.10 bits per heavy atom. The van der Waals surface area contributed by atoms with Crippen molar-refractivity contribution in [2.24, 2.45) is 0 Å². The maximum atomic E-state index is 12.7. The van der Waals surface area contributed by atoms with Gasteiger partial charge in [0.1, 0.15) is 5.82 Å². The van der Waals surface area contributed by atoms with E-state index in [1.807, 2.05) is 0 Å². The highest BCUT2D eigenvalue weighted by atomic mass is 19.4. The number of alkyl halides is 3. The molecule has 1 aromatic carbocycles. The van der Waals surface area contributed by atoms with Gasteiger partial charge in [0.25, 0.3) is 0 Å². The zero-order valence-electron chi connectivity index (χ0n) is 10.2. The van der Waals surface area contributed by atoms with E-state index in [4.69, 9.17) is 0 Å². The second-order valence-corrected chi connectivity index (χ2v) is 4.63. The summed E-state index contributed by atoms with van der Waals surface area (Å²) in [6.45, 7) is 0. The van der Waals surface area contributed by atoms with E-state index in [0.717, 1.165) is 12.1 Å². The number of halogens is 3. The number of aromatic nitrogens is 2. The molecule has 0 radical (unpaired) electrons. The fraction of sp³-hybridized carbons (Fsp3) is 0.231. The van der Waals surface area contributed by atoms with Gasteiger partial charge in [-0.2, -0.15) is 18.3 Å². The van der Waals surface area contributed by atoms with Crippen molar-refractivity contribution >= 4 is 11.7 Å². The topological polar surface area (TPSA) is 57.8 Å². The molecule has 1 atom stereocenters. The SMILES string of the molecule is O=C1C[C@H](c2cccc(C(F)(F)F)c2)c2cn[nH]c2N1. The van der Waals surface area contributed by atoms with Crippen molar-refractivity contribution in [2.45, 2.75) is 18.5 Å². The van der Waals surface area contributed by atoms with E-state index >= 15 is 0 Å². The quantitative estimate of drug-likeness (QED) is 0.844. The van der Waals surface area contributed by atoms with Crippen LogP contribution in [-0.4, -0.2) is 16.1 Å². The van der Waals surface area contributed by atoms with Crippen LogP contribution in [0.15, 0.2) is 30.5 Å². The van der Waals surface area contributed by atoms with E-state index in [2.05, 4.69) is 15.5 Å². The van der Waals surface area contributed by atoms with Gasteiger partial charge in [0.2, 0.25) is 5.91 Å². The number of aromatic amines is 1. The van der Waals surface area contributed by atoms with Gasteiger partial charge in [0.15, 0.2) is 0 Å². The predicted octanol–water partition coefficient (Wildman–Crippen LogP) is 2.90. The Bertz CT molecular complexity index is 663. The van der Waals surface area contributed by atoms with Gasteiger partial charge < -0.3 is 5.32 Å². The van der Waals surface area contributed by atoms with Crippen LogP contribution in [0.25, 0.3) is 0 Å². The van der Waals surface area contributed by atoms with Crippen molar-refractivity contribution < 1.29 is 18.0 Å². The third-order valence-corrected chi connectivity index (χ3v) is 3.31. The standard InChI is InChI=1S/C13H10F3N3O/c14-13(15,16)8-3-1-2-7(4-8)9-5-11(20)18-12-10(9)6-17-19-12/h1-4,6,9H,5H2,(H2,17,18,19,20)/t9-/m1/s1. The average molecular weight is 281 g/mol. The summed E-state index contributed by atoms with van der Waals surface area (Å²) in [5.41, 5.74) is 0.437. The Morgan fingerprint density at radius 3 is 2.85 bits per heavy atom. The highest BCUT2D eigenvalue weighted by Gasteiger charge is 2.33. The summed E-state index contributed by atoms with van der Waals surface area (Å²) in [5, 5.41) is 9.06. The minimum absolute atomic E-state index is 0.105. The van der Waals surface area contributed by atoms with Crippen LogP contribution in [0.3, 0.4) is 0 Å². The van der Waals surface area contributed by atoms with Gasteiger partial charge in [0, 0.05) is 17.9 Å². The van der Waals surface area contributed by atoms with Crippen molar-refractivity contribution in [3.05, 3.63) is 47.2 Å². The Hall–Kier alpha value is -2.31. The average Bonchev–Trinajstić information content (AvgIpc) is 2.85. The minimum Gasteiger partial charge on any atom is -0.311 e. The van der Waals surface area contributed by atoms with E-state index in [9.17, 15) is 18.0 Å². The molecule has 7 heteroatoms. The minimum atomic E-state index is -4.40. The highest BCUT2D eigenvalue weighted by Crippen LogP contribution is 2.38. The second-order valence-electron chi connectivity index (χ2n) is 4.63. The van der Waals surface area contributed by atoms with E-state index in [1.165, 1.54) is 12.3 Å². The largest absolute Gasteiger partial charge is 0.416 e. The molecule has 0 fully saturated rings. The molecule has 2 heterocycles. The van der Waals surface area contributed by atoms with Gasteiger partial charge >= 0.3 is 6.18 Å². The van der Waals surface area contributed by atoms with Crippen LogP contribution in [-0.2, 0) is 11.0 Å². The van der Waals surface area contributed by atoms with E-state index in [-0.39, 0.29) is 12.3 Å². The van der Waals surface area contributed by atoms with Crippen molar-refractivity contribution in [1.82, 2.24) is 10.2 Å². The van der Waals surface area contributed by atoms with Crippen molar-refractivity contribution in [3.63, 3.8) is 0 Å². The second kappa shape index (κ2) is 4.36. The number of amides is 1. The Morgan fingerprint density at radius 1 is 1.30 bits per heavy atom. The molecule has 1 aliphatic rings. The van der Waals surface area contributed by atoms with E-state index < -0.39 is 17.7 Å². The molecular formula is C13H10F3N3O. The monoisotopic (exact) mass is 281 g/mol. The van der Waals surface area contributed by atoms with Crippen LogP contribution in [0.5, 0.6) is 0 Å². The van der Waals surface area contributed by atoms with Gasteiger partial charge in [-0.25, -0.2) is 0 Å². The van der Waals surface area contributed by atoms with Crippen LogP contribution in [0.2, 0.25) is 0 Å². The Labute approximate surface area is 112 Å². The number of hydrogen-bond donors (Lipinski definition) is 2. The molecule has 2 aromatic rings. The molecule has 104 valence electrons. The smallest absolute Gasteiger partial charge is 0.311 e. The third kappa shape index (κ3) is 2.15. The number of anilines is 1. The van der Waals surface area contributed by atoms with Gasteiger partial charge in [-0.3, -0.25) is 9.89 Å². The first-order chi connectivity index (χ1) is 9.45. The maximum Gasteiger partial charge on any atom is 0.416 e. The number of hydrogen-bond acceptors (Lipinski definition) is 2. The summed E-state index contributed by atoms with van der Waals surface area (Å²) in [6, 6.07) is 5.04. The van der Waals surface area contributed by atoms with Crippen LogP contribution in [0.4, 0.5) is 19.0 Å². The first-order valence-corrected chi connectivity index (χ1v) is 5.95. The van der Waals surface area contributed by atoms with E-state index in [1.54, 1.807) is 6.07 Å². The van der Waals surface area contributed by atoms with Gasteiger partial charge in [0.05, 0.1) is 11.8 Å². The van der Waals surface area contributed by atoms with Gasteiger partial charge in [-0.1, -0.05) is 18.2 Å². The Kier molecular flexibility index (Phi) is 2.77. The van der Waals surface area contributed by atoms with Crippen LogP contribution >= 0.6 is 0 Å². The number of carbonyl (C=O) groups excluding carboxylic acids is 1. The lowest BCUT2D eigenvalue weighted by Crippen LogP contribution is -2.23. The van der Waals surface area contributed by atoms with Crippen molar-refractivity contribution in [3.8, 4) is 0 Å². The lowest BCUT2D eigenvalue weighted by molar-refractivity contribution is -0.137. The van der Waals surface area contributed by atoms with Crippen molar-refractivity contribution in [2.75, 3.05) is 5.32 Å². The Balaban J connectivity index is 2.04. The normalized spacial score (nSPS) is 18.6. The van der Waals surface area contributed by atoms with Crippen LogP contribution in [0.1, 0.15) is 29.0 Å². The zero-order chi connectivity index (χ0) is 14.3. The van der Waals surface area contributed by atoms with Crippen LogP contribution in [0, 0.1) is 0 Å². The third-order valence-electron chi connectivity index (χ3n) is 3.31. The molecule has 0 saturated carbocycles. The maximum absolute atomic E-state index is 12.7. The molecular weight excluding hydrogens is 271 g/mol. The van der Waals surface area contributed by atoms with Gasteiger partial charge in [-0.05, 0) is 11.6 Å². The molecule has 0 unspecified atom stereocenters. The fourth-order valence-corrected chi connectivity index (χ4v) is 2.37. The van der Waals surface area contributed by atoms with Gasteiger partial charge in [-0.15, -0.1) is 0 Å². The number of nitrogens with zero attached hydrogens (tertiary/aromatic N) is 1. The summed E-state index contributed by atoms with van der Waals surface area (Å²) in [5.74, 6) is -0.215. The molecule has 4 nitrogen and oxygen atoms in total. The van der Waals surface area contributed by atoms with E-state index in [0.29, 0.717) is 16.9 Å². The molecule has 1 amide bonds. The highest BCUT2D eigenvalue weighted by molar-refractivity contribution is 5.94. The molecule has 1 aliphatic heterocycles. The number of carbonyl (C=O) groups is 1. The molecule has 3 rings (SSSR count). The summed E-state index contributed by atoms with van der Waals surface area (Å²) in [4.78, 5) is 11.6. The van der Waals surface area contributed by atoms with Crippen molar-refractivity contribution in [1.29, 1.82) is 0 Å². The molecule has 0 bridgehead atoms. The lowest BCUT2D eigenvalue weighted by atomic mass is 9.86. The number of H-pyrrole nitrogens is 1. The molecule has 0 saturated heterocycles. The van der Waals surface area contributed by atoms with Crippen LogP contribution < -0.4 is 5.32 Å². The first kappa shape index (κ1) is 12.7. The number of nitrogens with one attached hydrogen (secondary N) is 2. The fourth-order valence-electron chi connectivity index (χ4n) is 2.37. The summed E-state index contributed by atoms with van der Waals surface area (Å²) < 4.78 is 38.2. The lowest BCUT2D eigenvalue weighted by Gasteiger charge is -2.22. The number of benzene rings is 1. The molecule has 1 aromatic heterocycles. The zero-order valence-corrected chi connectivity index (χ0v) is 10.2.